The molecule has 0 aliphatic carbocycles. The van der Waals surface area contributed by atoms with Crippen LogP contribution in [0.15, 0.2) is 78.9 Å². The Kier molecular flexibility index (Phi) is 6.32. The van der Waals surface area contributed by atoms with Crippen LogP contribution in [0, 0.1) is 0 Å². The number of carbonyl (C=O) groups excluding carboxylic acids is 2. The van der Waals surface area contributed by atoms with Crippen molar-refractivity contribution in [3.8, 4) is 5.75 Å². The average molecular weight is 468 g/mol. The molecule has 0 bridgehead atoms. The normalized spacial score (nSPS) is 17.6. The van der Waals surface area contributed by atoms with Crippen LogP contribution in [0.1, 0.15) is 42.2 Å². The van der Waals surface area contributed by atoms with Crippen LogP contribution in [-0.2, 0) is 4.79 Å². The molecule has 5 nitrogen and oxygen atoms in total. The number of ether oxygens (including phenoxy) is 1. The van der Waals surface area contributed by atoms with E-state index in [4.69, 9.17) is 0 Å². The maximum Gasteiger partial charge on any atom is 0.573 e. The number of benzene rings is 3. The molecule has 0 aromatic heterocycles. The molecule has 8 heteroatoms. The number of hydrogen-bond donors (Lipinski definition) is 0. The molecular formula is C26H23F3N2O3. The molecule has 176 valence electrons. The quantitative estimate of drug-likeness (QED) is 0.464. The average Bonchev–Trinajstić information content (AvgIpc) is 2.79. The third kappa shape index (κ3) is 4.76. The van der Waals surface area contributed by atoms with Crippen molar-refractivity contribution >= 4 is 23.2 Å². The Morgan fingerprint density at radius 3 is 2.18 bits per heavy atom. The number of nitrogens with zero attached hydrogens (tertiary/aromatic N) is 2. The largest absolute Gasteiger partial charge is 0.573 e. The van der Waals surface area contributed by atoms with Gasteiger partial charge < -0.3 is 14.5 Å². The molecule has 3 aromatic rings. The molecule has 0 spiro atoms. The molecule has 2 atom stereocenters. The minimum atomic E-state index is -4.80. The summed E-state index contributed by atoms with van der Waals surface area (Å²) in [6.45, 7) is 3.41. The Morgan fingerprint density at radius 1 is 0.941 bits per heavy atom. The summed E-state index contributed by atoms with van der Waals surface area (Å²) in [5.74, 6) is -0.847. The highest BCUT2D eigenvalue weighted by atomic mass is 19.4. The Labute approximate surface area is 195 Å². The van der Waals surface area contributed by atoms with E-state index in [0.717, 1.165) is 23.4 Å². The molecule has 34 heavy (non-hydrogen) atoms. The van der Waals surface area contributed by atoms with Crippen molar-refractivity contribution in [1.29, 1.82) is 0 Å². The maximum absolute atomic E-state index is 13.4. The number of para-hydroxylation sites is 2. The Bertz CT molecular complexity index is 1180. The van der Waals surface area contributed by atoms with Gasteiger partial charge in [-0.15, -0.1) is 13.2 Å². The second-order valence-corrected chi connectivity index (χ2v) is 8.13. The highest BCUT2D eigenvalue weighted by Crippen LogP contribution is 2.42. The molecule has 0 fully saturated rings. The lowest BCUT2D eigenvalue weighted by atomic mass is 9.89. The predicted molar refractivity (Wildman–Crippen MR) is 123 cm³/mol. The molecule has 3 aromatic carbocycles. The molecule has 1 heterocycles. The van der Waals surface area contributed by atoms with E-state index in [2.05, 4.69) is 4.74 Å². The van der Waals surface area contributed by atoms with Gasteiger partial charge in [0, 0.05) is 29.9 Å². The van der Waals surface area contributed by atoms with Gasteiger partial charge in [-0.3, -0.25) is 9.59 Å². The van der Waals surface area contributed by atoms with Crippen molar-refractivity contribution in [1.82, 2.24) is 0 Å². The predicted octanol–water partition coefficient (Wildman–Crippen LogP) is 6.12. The molecule has 0 radical (unpaired) electrons. The first-order valence-corrected chi connectivity index (χ1v) is 10.8. The van der Waals surface area contributed by atoms with E-state index in [1.54, 1.807) is 9.80 Å². The zero-order valence-electron chi connectivity index (χ0n) is 18.6. The Morgan fingerprint density at radius 2 is 1.56 bits per heavy atom. The van der Waals surface area contributed by atoms with Crippen LogP contribution < -0.4 is 14.5 Å². The summed E-state index contributed by atoms with van der Waals surface area (Å²) in [4.78, 5) is 29.5. The van der Waals surface area contributed by atoms with Gasteiger partial charge in [0.25, 0.3) is 5.91 Å². The van der Waals surface area contributed by atoms with Gasteiger partial charge in [0.05, 0.1) is 6.04 Å². The maximum atomic E-state index is 13.4. The molecule has 1 aliphatic rings. The Balaban J connectivity index is 1.69. The van der Waals surface area contributed by atoms with Crippen LogP contribution in [0.3, 0.4) is 0 Å². The fourth-order valence-corrected chi connectivity index (χ4v) is 4.44. The topological polar surface area (TPSA) is 49.9 Å². The number of alkyl halides is 3. The van der Waals surface area contributed by atoms with E-state index >= 15 is 0 Å². The summed E-state index contributed by atoms with van der Waals surface area (Å²) in [6, 6.07) is 21.1. The van der Waals surface area contributed by atoms with E-state index in [1.165, 1.54) is 19.1 Å². The molecule has 4 rings (SSSR count). The van der Waals surface area contributed by atoms with E-state index in [0.29, 0.717) is 12.1 Å². The summed E-state index contributed by atoms with van der Waals surface area (Å²) >= 11 is 0. The van der Waals surface area contributed by atoms with Crippen molar-refractivity contribution in [2.24, 2.45) is 0 Å². The molecule has 0 N–H and O–H groups in total. The smallest absolute Gasteiger partial charge is 0.406 e. The van der Waals surface area contributed by atoms with E-state index in [9.17, 15) is 22.8 Å². The first-order chi connectivity index (χ1) is 16.2. The van der Waals surface area contributed by atoms with Crippen molar-refractivity contribution in [2.75, 3.05) is 9.80 Å². The van der Waals surface area contributed by atoms with Gasteiger partial charge >= 0.3 is 6.36 Å². The SMILES string of the molecule is CC(=O)N(c1ccccc1)[C@H]1CC(C)N(C(=O)c2ccc(OC(F)(F)F)cc2)c2ccccc21. The van der Waals surface area contributed by atoms with Crippen LogP contribution in [-0.4, -0.2) is 24.2 Å². The zero-order valence-corrected chi connectivity index (χ0v) is 18.6. The monoisotopic (exact) mass is 468 g/mol. The van der Waals surface area contributed by atoms with Crippen LogP contribution in [0.25, 0.3) is 0 Å². The number of amides is 2. The minimum absolute atomic E-state index is 0.113. The second-order valence-electron chi connectivity index (χ2n) is 8.13. The summed E-state index contributed by atoms with van der Waals surface area (Å²) in [5.41, 5.74) is 2.49. The molecule has 1 unspecified atom stereocenters. The van der Waals surface area contributed by atoms with Crippen LogP contribution in [0.4, 0.5) is 24.5 Å². The fraction of sp³-hybridized carbons (Fsp3) is 0.231. The Hall–Kier alpha value is -3.81. The van der Waals surface area contributed by atoms with Crippen LogP contribution in [0.5, 0.6) is 5.75 Å². The number of carbonyl (C=O) groups is 2. The summed E-state index contributed by atoms with van der Waals surface area (Å²) in [6.07, 6.45) is -4.31. The molecule has 1 aliphatic heterocycles. The van der Waals surface area contributed by atoms with E-state index in [-0.39, 0.29) is 29.5 Å². The highest BCUT2D eigenvalue weighted by Gasteiger charge is 2.38. The zero-order chi connectivity index (χ0) is 24.5. The highest BCUT2D eigenvalue weighted by molar-refractivity contribution is 6.07. The fourth-order valence-electron chi connectivity index (χ4n) is 4.44. The number of rotatable bonds is 4. The number of hydrogen-bond acceptors (Lipinski definition) is 3. The lowest BCUT2D eigenvalue weighted by Crippen LogP contribution is -2.47. The van der Waals surface area contributed by atoms with Gasteiger partial charge in [0.15, 0.2) is 0 Å². The van der Waals surface area contributed by atoms with Gasteiger partial charge in [-0.2, -0.15) is 0 Å². The van der Waals surface area contributed by atoms with Crippen molar-refractivity contribution in [2.45, 2.75) is 38.7 Å². The summed E-state index contributed by atoms with van der Waals surface area (Å²) < 4.78 is 41.3. The number of halogens is 3. The molecule has 2 amide bonds. The molecular weight excluding hydrogens is 445 g/mol. The third-order valence-electron chi connectivity index (χ3n) is 5.80. The number of anilines is 2. The van der Waals surface area contributed by atoms with Gasteiger partial charge in [0.2, 0.25) is 5.91 Å². The van der Waals surface area contributed by atoms with Gasteiger partial charge in [0.1, 0.15) is 5.75 Å². The van der Waals surface area contributed by atoms with Crippen molar-refractivity contribution < 1.29 is 27.5 Å². The van der Waals surface area contributed by atoms with Crippen LogP contribution in [0.2, 0.25) is 0 Å². The van der Waals surface area contributed by atoms with E-state index in [1.807, 2.05) is 61.5 Å². The first-order valence-electron chi connectivity index (χ1n) is 10.8. The number of fused-ring (bicyclic) bond motifs is 1. The van der Waals surface area contributed by atoms with Gasteiger partial charge in [-0.1, -0.05) is 36.4 Å². The summed E-state index contributed by atoms with van der Waals surface area (Å²) in [7, 11) is 0. The second kappa shape index (κ2) is 9.21. The van der Waals surface area contributed by atoms with Crippen molar-refractivity contribution in [3.05, 3.63) is 90.0 Å². The minimum Gasteiger partial charge on any atom is -0.406 e. The lowest BCUT2D eigenvalue weighted by molar-refractivity contribution is -0.274. The lowest BCUT2D eigenvalue weighted by Gasteiger charge is -2.43. The van der Waals surface area contributed by atoms with E-state index < -0.39 is 12.1 Å². The first kappa shape index (κ1) is 23.4. The third-order valence-corrected chi connectivity index (χ3v) is 5.80. The van der Waals surface area contributed by atoms with Gasteiger partial charge in [-0.25, -0.2) is 0 Å². The summed E-state index contributed by atoms with van der Waals surface area (Å²) in [5, 5.41) is 0. The van der Waals surface area contributed by atoms with Gasteiger partial charge in [-0.05, 0) is 61.4 Å². The van der Waals surface area contributed by atoms with Crippen LogP contribution >= 0.6 is 0 Å². The standard InChI is InChI=1S/C26H23F3N2O3/c1-17-16-24(31(18(2)32)20-8-4-3-5-9-20)22-10-6-7-11-23(22)30(17)25(33)19-12-14-21(15-13-19)34-26(27,28)29/h3-15,17,24H,16H2,1-2H3/t17?,24-/m0/s1. The molecule has 0 saturated heterocycles. The van der Waals surface area contributed by atoms with Crippen molar-refractivity contribution in [3.63, 3.8) is 0 Å². The molecule has 0 saturated carbocycles.